The van der Waals surface area contributed by atoms with Gasteiger partial charge in [-0.2, -0.15) is 0 Å². The fourth-order valence-electron chi connectivity index (χ4n) is 1.71. The summed E-state index contributed by atoms with van der Waals surface area (Å²) in [5.74, 6) is -9.66. The van der Waals surface area contributed by atoms with E-state index >= 15 is 0 Å². The van der Waals surface area contributed by atoms with Crippen LogP contribution in [-0.2, 0) is 0 Å². The summed E-state index contributed by atoms with van der Waals surface area (Å²) in [6.07, 6.45) is 0.555. The molecule has 1 aliphatic rings. The predicted octanol–water partition coefficient (Wildman–Crippen LogP) is 2.16. The van der Waals surface area contributed by atoms with Crippen LogP contribution in [0.5, 0.6) is 0 Å². The van der Waals surface area contributed by atoms with Gasteiger partial charge in [-0.05, 0) is 13.0 Å². The highest BCUT2D eigenvalue weighted by atomic mass is 19.2. The lowest BCUT2D eigenvalue weighted by Crippen LogP contribution is -2.24. The second kappa shape index (κ2) is 4.48. The largest absolute Gasteiger partial charge is 0.376 e. The quantitative estimate of drug-likeness (QED) is 0.479. The lowest BCUT2D eigenvalue weighted by Gasteiger charge is -2.15. The third kappa shape index (κ3) is 2.06. The maximum atomic E-state index is 13.3. The van der Waals surface area contributed by atoms with Crippen LogP contribution < -0.4 is 10.6 Å². The molecule has 1 atom stereocenters. The van der Waals surface area contributed by atoms with Crippen LogP contribution in [0.25, 0.3) is 0 Å². The Morgan fingerprint density at radius 1 is 0.882 bits per heavy atom. The minimum atomic E-state index is -2.14. The van der Waals surface area contributed by atoms with Crippen molar-refractivity contribution in [3.8, 4) is 0 Å². The molecule has 1 aromatic rings. The second-order valence-electron chi connectivity index (χ2n) is 3.78. The molecule has 1 unspecified atom stereocenters. The van der Waals surface area contributed by atoms with Crippen molar-refractivity contribution in [1.29, 1.82) is 0 Å². The smallest absolute Gasteiger partial charge is 0.200 e. The monoisotopic (exact) mass is 252 g/mol. The summed E-state index contributed by atoms with van der Waals surface area (Å²) in [6.45, 7) is 1.05. The highest BCUT2D eigenvalue weighted by molar-refractivity contribution is 5.48. The van der Waals surface area contributed by atoms with Crippen molar-refractivity contribution < 1.29 is 22.0 Å². The van der Waals surface area contributed by atoms with Gasteiger partial charge < -0.3 is 10.6 Å². The Morgan fingerprint density at radius 2 is 1.41 bits per heavy atom. The van der Waals surface area contributed by atoms with Crippen molar-refractivity contribution >= 4 is 5.69 Å². The number of benzene rings is 1. The number of halogens is 5. The van der Waals surface area contributed by atoms with Gasteiger partial charge >= 0.3 is 0 Å². The number of nitrogens with one attached hydrogen (secondary N) is 2. The van der Waals surface area contributed by atoms with Crippen molar-refractivity contribution in [2.45, 2.75) is 12.5 Å². The van der Waals surface area contributed by atoms with Crippen molar-refractivity contribution in [2.75, 3.05) is 18.4 Å². The molecule has 1 aromatic carbocycles. The molecule has 0 amide bonds. The van der Waals surface area contributed by atoms with Crippen LogP contribution in [0.15, 0.2) is 0 Å². The molecule has 0 spiro atoms. The summed E-state index contributed by atoms with van der Waals surface area (Å²) in [7, 11) is 0. The molecule has 0 saturated carbocycles. The van der Waals surface area contributed by atoms with Gasteiger partial charge in [0.1, 0.15) is 5.69 Å². The molecule has 0 aromatic heterocycles. The van der Waals surface area contributed by atoms with Crippen LogP contribution in [0.3, 0.4) is 0 Å². The molecular formula is C10H9F5N2. The molecule has 7 heteroatoms. The van der Waals surface area contributed by atoms with Crippen molar-refractivity contribution in [1.82, 2.24) is 5.32 Å². The van der Waals surface area contributed by atoms with Gasteiger partial charge in [0.15, 0.2) is 23.3 Å². The molecule has 2 N–H and O–H groups in total. The average Bonchev–Trinajstić information content (AvgIpc) is 2.82. The minimum absolute atomic E-state index is 0.344. The zero-order valence-electron chi connectivity index (χ0n) is 8.59. The number of anilines is 1. The van der Waals surface area contributed by atoms with Gasteiger partial charge in [0.05, 0.1) is 0 Å². The van der Waals surface area contributed by atoms with Crippen LogP contribution >= 0.6 is 0 Å². The molecule has 17 heavy (non-hydrogen) atoms. The third-order valence-electron chi connectivity index (χ3n) is 2.62. The zero-order valence-corrected chi connectivity index (χ0v) is 8.59. The molecule has 0 bridgehead atoms. The Bertz CT molecular complexity index is 414. The van der Waals surface area contributed by atoms with Gasteiger partial charge in [-0.15, -0.1) is 0 Å². The Labute approximate surface area is 93.8 Å². The molecule has 1 fully saturated rings. The van der Waals surface area contributed by atoms with Crippen LogP contribution in [0.4, 0.5) is 27.6 Å². The molecule has 2 nitrogen and oxygen atoms in total. The van der Waals surface area contributed by atoms with Gasteiger partial charge in [-0.3, -0.25) is 0 Å². The number of rotatable bonds is 2. The fraction of sp³-hybridized carbons (Fsp3) is 0.400. The first-order chi connectivity index (χ1) is 8.02. The second-order valence-corrected chi connectivity index (χ2v) is 3.78. The van der Waals surface area contributed by atoms with Gasteiger partial charge in [0.2, 0.25) is 5.82 Å². The van der Waals surface area contributed by atoms with Crippen molar-refractivity contribution in [3.05, 3.63) is 29.1 Å². The molecule has 0 radical (unpaired) electrons. The van der Waals surface area contributed by atoms with Crippen molar-refractivity contribution in [3.63, 3.8) is 0 Å². The van der Waals surface area contributed by atoms with E-state index in [9.17, 15) is 22.0 Å². The summed E-state index contributed by atoms with van der Waals surface area (Å²) in [5.41, 5.74) is -0.963. The zero-order chi connectivity index (χ0) is 12.6. The average molecular weight is 252 g/mol. The Morgan fingerprint density at radius 3 is 1.88 bits per heavy atom. The van der Waals surface area contributed by atoms with Crippen molar-refractivity contribution in [2.24, 2.45) is 0 Å². The predicted molar refractivity (Wildman–Crippen MR) is 51.1 cm³/mol. The summed E-state index contributed by atoms with van der Waals surface area (Å²) in [6, 6.07) is -0.344. The standard InChI is InChI=1S/C10H9F5N2/c11-5-6(12)8(14)10(9(15)7(5)13)17-4-1-2-16-3-4/h4,16-17H,1-3H2. The van der Waals surface area contributed by atoms with E-state index in [2.05, 4.69) is 10.6 Å². The minimum Gasteiger partial charge on any atom is -0.376 e. The summed E-state index contributed by atoms with van der Waals surface area (Å²) >= 11 is 0. The van der Waals surface area contributed by atoms with Gasteiger partial charge in [-0.25, -0.2) is 22.0 Å². The lowest BCUT2D eigenvalue weighted by atomic mass is 10.2. The summed E-state index contributed by atoms with van der Waals surface area (Å²) in [5, 5.41) is 5.23. The van der Waals surface area contributed by atoms with E-state index in [1.165, 1.54) is 0 Å². The third-order valence-corrected chi connectivity index (χ3v) is 2.62. The lowest BCUT2D eigenvalue weighted by molar-refractivity contribution is 0.380. The maximum absolute atomic E-state index is 13.3. The topological polar surface area (TPSA) is 24.1 Å². The first-order valence-corrected chi connectivity index (χ1v) is 5.01. The van der Waals surface area contributed by atoms with E-state index in [4.69, 9.17) is 0 Å². The fourth-order valence-corrected chi connectivity index (χ4v) is 1.71. The first-order valence-electron chi connectivity index (χ1n) is 5.01. The Hall–Kier alpha value is -1.37. The van der Waals surface area contributed by atoms with E-state index in [1.54, 1.807) is 0 Å². The van der Waals surface area contributed by atoms with E-state index in [0.717, 1.165) is 0 Å². The highest BCUT2D eigenvalue weighted by Crippen LogP contribution is 2.28. The van der Waals surface area contributed by atoms with E-state index in [-0.39, 0.29) is 6.04 Å². The SMILES string of the molecule is Fc1c(F)c(F)c(NC2CCNC2)c(F)c1F. The van der Waals surface area contributed by atoms with Gasteiger partial charge in [0.25, 0.3) is 0 Å². The van der Waals surface area contributed by atoms with Crippen LogP contribution in [0.1, 0.15) is 6.42 Å². The van der Waals surface area contributed by atoms with Crippen LogP contribution in [-0.4, -0.2) is 19.1 Å². The number of hydrogen-bond acceptors (Lipinski definition) is 2. The van der Waals surface area contributed by atoms with Gasteiger partial charge in [0, 0.05) is 12.6 Å². The molecule has 1 heterocycles. The normalized spacial score (nSPS) is 19.7. The number of hydrogen-bond donors (Lipinski definition) is 2. The molecule has 1 aliphatic heterocycles. The molecule has 2 rings (SSSR count). The molecular weight excluding hydrogens is 243 g/mol. The molecule has 0 aliphatic carbocycles. The summed E-state index contributed by atoms with van der Waals surface area (Å²) in [4.78, 5) is 0. The van der Waals surface area contributed by atoms with E-state index in [0.29, 0.717) is 19.5 Å². The molecule has 1 saturated heterocycles. The molecule has 94 valence electrons. The van der Waals surface area contributed by atoms with E-state index in [1.807, 2.05) is 0 Å². The highest BCUT2D eigenvalue weighted by Gasteiger charge is 2.27. The van der Waals surface area contributed by atoms with Crippen LogP contribution in [0.2, 0.25) is 0 Å². The Balaban J connectivity index is 2.38. The van der Waals surface area contributed by atoms with Gasteiger partial charge in [-0.1, -0.05) is 0 Å². The Kier molecular flexibility index (Phi) is 3.19. The maximum Gasteiger partial charge on any atom is 0.200 e. The summed E-state index contributed by atoms with van der Waals surface area (Å²) < 4.78 is 65.0. The first kappa shape index (κ1) is 12.1. The van der Waals surface area contributed by atoms with Crippen LogP contribution in [0, 0.1) is 29.1 Å². The van der Waals surface area contributed by atoms with E-state index < -0.39 is 34.8 Å².